The maximum absolute atomic E-state index is 13.5. The average Bonchev–Trinajstić information content (AvgIpc) is 2.45. The SMILES string of the molecule is C/C=C/CCCCC(CC)C(=O)Nc1ccccc1F. The maximum Gasteiger partial charge on any atom is 0.227 e. The van der Waals surface area contributed by atoms with Crippen LogP contribution < -0.4 is 5.32 Å². The molecule has 1 unspecified atom stereocenters. The van der Waals surface area contributed by atoms with E-state index in [4.69, 9.17) is 0 Å². The summed E-state index contributed by atoms with van der Waals surface area (Å²) < 4.78 is 13.5. The number of allylic oxidation sites excluding steroid dienone is 2. The quantitative estimate of drug-likeness (QED) is 0.530. The molecule has 1 amide bonds. The minimum atomic E-state index is -0.385. The van der Waals surface area contributed by atoms with Crippen molar-refractivity contribution in [3.63, 3.8) is 0 Å². The van der Waals surface area contributed by atoms with Crippen molar-refractivity contribution in [3.8, 4) is 0 Å². The molecule has 0 heterocycles. The first kappa shape index (κ1) is 16.4. The average molecular weight is 277 g/mol. The van der Waals surface area contributed by atoms with Crippen molar-refractivity contribution in [2.75, 3.05) is 5.32 Å². The van der Waals surface area contributed by atoms with Crippen molar-refractivity contribution < 1.29 is 9.18 Å². The van der Waals surface area contributed by atoms with Crippen molar-refractivity contribution in [1.82, 2.24) is 0 Å². The van der Waals surface area contributed by atoms with Gasteiger partial charge in [-0.3, -0.25) is 4.79 Å². The molecule has 20 heavy (non-hydrogen) atoms. The van der Waals surface area contributed by atoms with Crippen molar-refractivity contribution in [1.29, 1.82) is 0 Å². The van der Waals surface area contributed by atoms with E-state index < -0.39 is 0 Å². The summed E-state index contributed by atoms with van der Waals surface area (Å²) in [5, 5.41) is 2.69. The smallest absolute Gasteiger partial charge is 0.227 e. The predicted molar refractivity (Wildman–Crippen MR) is 82.1 cm³/mol. The molecule has 3 heteroatoms. The Morgan fingerprint density at radius 3 is 2.75 bits per heavy atom. The number of halogens is 1. The first-order valence-corrected chi connectivity index (χ1v) is 7.35. The molecular weight excluding hydrogens is 253 g/mol. The number of anilines is 1. The van der Waals surface area contributed by atoms with E-state index in [1.165, 1.54) is 6.07 Å². The van der Waals surface area contributed by atoms with Crippen LogP contribution in [0.4, 0.5) is 10.1 Å². The molecule has 1 N–H and O–H groups in total. The number of rotatable bonds is 8. The Hall–Kier alpha value is -1.64. The predicted octanol–water partition coefficient (Wildman–Crippen LogP) is 4.93. The van der Waals surface area contributed by atoms with Crippen LogP contribution in [0.5, 0.6) is 0 Å². The van der Waals surface area contributed by atoms with Crippen LogP contribution in [0.1, 0.15) is 46.0 Å². The molecule has 0 saturated carbocycles. The highest BCUT2D eigenvalue weighted by atomic mass is 19.1. The number of hydrogen-bond acceptors (Lipinski definition) is 1. The van der Waals surface area contributed by atoms with Gasteiger partial charge >= 0.3 is 0 Å². The lowest BCUT2D eigenvalue weighted by molar-refractivity contribution is -0.120. The Morgan fingerprint density at radius 2 is 2.10 bits per heavy atom. The number of nitrogens with one attached hydrogen (secondary N) is 1. The molecule has 0 bridgehead atoms. The standard InChI is InChI=1S/C17H24FNO/c1-3-5-6-7-8-11-14(4-2)17(20)19-16-13-10-9-12-15(16)18/h3,5,9-10,12-14H,4,6-8,11H2,1-2H3,(H,19,20)/b5-3+. The van der Waals surface area contributed by atoms with E-state index in [2.05, 4.69) is 11.4 Å². The van der Waals surface area contributed by atoms with E-state index in [0.29, 0.717) is 0 Å². The molecule has 0 spiro atoms. The van der Waals surface area contributed by atoms with Gasteiger partial charge in [0.1, 0.15) is 5.82 Å². The molecule has 1 aromatic rings. The molecule has 0 fully saturated rings. The zero-order chi connectivity index (χ0) is 14.8. The van der Waals surface area contributed by atoms with Crippen molar-refractivity contribution >= 4 is 11.6 Å². The van der Waals surface area contributed by atoms with Crippen molar-refractivity contribution in [2.24, 2.45) is 5.92 Å². The normalized spacial score (nSPS) is 12.6. The second-order valence-electron chi connectivity index (χ2n) is 4.93. The van der Waals surface area contributed by atoms with E-state index in [1.807, 2.05) is 19.9 Å². The summed E-state index contributed by atoms with van der Waals surface area (Å²) in [6, 6.07) is 6.28. The van der Waals surface area contributed by atoms with Crippen LogP contribution in [0, 0.1) is 11.7 Å². The van der Waals surface area contributed by atoms with E-state index in [1.54, 1.807) is 18.2 Å². The third-order valence-corrected chi connectivity index (χ3v) is 3.40. The summed E-state index contributed by atoms with van der Waals surface area (Å²) in [4.78, 5) is 12.1. The van der Waals surface area contributed by atoms with Crippen LogP contribution >= 0.6 is 0 Å². The number of hydrogen-bond donors (Lipinski definition) is 1. The van der Waals surface area contributed by atoms with Gasteiger partial charge in [0.15, 0.2) is 0 Å². The molecular formula is C17H24FNO. The van der Waals surface area contributed by atoms with E-state index in [9.17, 15) is 9.18 Å². The summed E-state index contributed by atoms with van der Waals surface area (Å²) in [7, 11) is 0. The zero-order valence-corrected chi connectivity index (χ0v) is 12.4. The number of carbonyl (C=O) groups excluding carboxylic acids is 1. The summed E-state index contributed by atoms with van der Waals surface area (Å²) in [6.45, 7) is 4.01. The Labute approximate surface area is 121 Å². The molecule has 1 atom stereocenters. The summed E-state index contributed by atoms with van der Waals surface area (Å²) in [5.41, 5.74) is 0.268. The summed E-state index contributed by atoms with van der Waals surface area (Å²) in [6.07, 6.45) is 8.99. The van der Waals surface area contributed by atoms with Crippen LogP contribution in [0.3, 0.4) is 0 Å². The molecule has 0 aliphatic carbocycles. The summed E-state index contributed by atoms with van der Waals surface area (Å²) >= 11 is 0. The Balaban J connectivity index is 2.44. The van der Waals surface area contributed by atoms with Crippen LogP contribution in [0.15, 0.2) is 36.4 Å². The molecule has 0 aliphatic heterocycles. The van der Waals surface area contributed by atoms with Crippen LogP contribution in [-0.4, -0.2) is 5.91 Å². The second kappa shape index (κ2) is 9.29. The number of benzene rings is 1. The van der Waals surface area contributed by atoms with E-state index in [0.717, 1.165) is 32.1 Å². The monoisotopic (exact) mass is 277 g/mol. The van der Waals surface area contributed by atoms with Gasteiger partial charge in [-0.05, 0) is 44.7 Å². The number of amides is 1. The van der Waals surface area contributed by atoms with Gasteiger partial charge < -0.3 is 5.32 Å². The van der Waals surface area contributed by atoms with Gasteiger partial charge in [0.05, 0.1) is 5.69 Å². The molecule has 110 valence electrons. The molecule has 1 rings (SSSR count). The first-order chi connectivity index (χ1) is 9.69. The molecule has 0 radical (unpaired) electrons. The fourth-order valence-electron chi connectivity index (χ4n) is 2.14. The third-order valence-electron chi connectivity index (χ3n) is 3.40. The Kier molecular flexibility index (Phi) is 7.63. The minimum absolute atomic E-state index is 0.0415. The molecule has 0 saturated heterocycles. The molecule has 1 aromatic carbocycles. The highest BCUT2D eigenvalue weighted by Gasteiger charge is 2.17. The highest BCUT2D eigenvalue weighted by molar-refractivity contribution is 5.92. The fourth-order valence-corrected chi connectivity index (χ4v) is 2.14. The van der Waals surface area contributed by atoms with Gasteiger partial charge in [0, 0.05) is 5.92 Å². The molecule has 0 aromatic heterocycles. The first-order valence-electron chi connectivity index (χ1n) is 7.35. The molecule has 2 nitrogen and oxygen atoms in total. The van der Waals surface area contributed by atoms with Crippen LogP contribution in [-0.2, 0) is 4.79 Å². The topological polar surface area (TPSA) is 29.1 Å². The van der Waals surface area contributed by atoms with Gasteiger partial charge in [-0.25, -0.2) is 4.39 Å². The van der Waals surface area contributed by atoms with Gasteiger partial charge in [0.25, 0.3) is 0 Å². The van der Waals surface area contributed by atoms with E-state index >= 15 is 0 Å². The highest BCUT2D eigenvalue weighted by Crippen LogP contribution is 2.18. The number of para-hydroxylation sites is 1. The lowest BCUT2D eigenvalue weighted by atomic mass is 9.97. The number of carbonyl (C=O) groups is 1. The van der Waals surface area contributed by atoms with Crippen LogP contribution in [0.2, 0.25) is 0 Å². The maximum atomic E-state index is 13.5. The van der Waals surface area contributed by atoms with Crippen LogP contribution in [0.25, 0.3) is 0 Å². The minimum Gasteiger partial charge on any atom is -0.323 e. The van der Waals surface area contributed by atoms with Gasteiger partial charge in [-0.1, -0.05) is 37.6 Å². The molecule has 0 aliphatic rings. The van der Waals surface area contributed by atoms with Gasteiger partial charge in [0.2, 0.25) is 5.91 Å². The third kappa shape index (κ3) is 5.55. The summed E-state index contributed by atoms with van der Waals surface area (Å²) in [5.74, 6) is -0.507. The lowest BCUT2D eigenvalue weighted by Crippen LogP contribution is -2.22. The van der Waals surface area contributed by atoms with Crippen molar-refractivity contribution in [2.45, 2.75) is 46.0 Å². The zero-order valence-electron chi connectivity index (χ0n) is 12.4. The van der Waals surface area contributed by atoms with Gasteiger partial charge in [-0.15, -0.1) is 0 Å². The largest absolute Gasteiger partial charge is 0.323 e. The lowest BCUT2D eigenvalue weighted by Gasteiger charge is -2.15. The van der Waals surface area contributed by atoms with Gasteiger partial charge in [-0.2, -0.15) is 0 Å². The second-order valence-corrected chi connectivity index (χ2v) is 4.93. The Bertz CT molecular complexity index is 442. The fraction of sp³-hybridized carbons (Fsp3) is 0.471. The van der Waals surface area contributed by atoms with E-state index in [-0.39, 0.29) is 23.3 Å². The Morgan fingerprint density at radius 1 is 1.35 bits per heavy atom. The number of unbranched alkanes of at least 4 members (excludes halogenated alkanes) is 2. The van der Waals surface area contributed by atoms with Crippen molar-refractivity contribution in [3.05, 3.63) is 42.2 Å².